The molecule has 0 bridgehead atoms. The van der Waals surface area contributed by atoms with Gasteiger partial charge in [-0.1, -0.05) is 146 Å². The summed E-state index contributed by atoms with van der Waals surface area (Å²) in [7, 11) is 0. The molecule has 12 rings (SSSR count). The summed E-state index contributed by atoms with van der Waals surface area (Å²) in [6.07, 6.45) is 0. The van der Waals surface area contributed by atoms with E-state index >= 15 is 0 Å². The normalized spacial score (nSPS) is 11.9. The molecule has 0 saturated heterocycles. The monoisotopic (exact) mass is 715 g/mol. The topological polar surface area (TPSA) is 65.0 Å². The number of hydrogen-bond acceptors (Lipinski definition) is 5. The van der Waals surface area contributed by atoms with Crippen LogP contribution in [0.1, 0.15) is 0 Å². The van der Waals surface area contributed by atoms with Gasteiger partial charge in [0.05, 0.1) is 0 Å². The minimum Gasteiger partial charge on any atom is -0.455 e. The molecule has 0 atom stereocenters. The molecule has 0 spiro atoms. The van der Waals surface area contributed by atoms with Gasteiger partial charge < -0.3 is 8.83 Å². The van der Waals surface area contributed by atoms with Crippen LogP contribution in [0.15, 0.2) is 185 Å². The molecule has 3 aromatic heterocycles. The summed E-state index contributed by atoms with van der Waals surface area (Å²) in [4.78, 5) is 16.2. The minimum atomic E-state index is 0.567. The summed E-state index contributed by atoms with van der Waals surface area (Å²) in [6, 6.07) is 60.9. The van der Waals surface area contributed by atoms with E-state index in [1.165, 1.54) is 0 Å². The van der Waals surface area contributed by atoms with Gasteiger partial charge in [-0.15, -0.1) is 0 Å². The number of aromatic nitrogens is 3. The molecular formula is C51H29N3O2. The van der Waals surface area contributed by atoms with Crippen LogP contribution in [-0.2, 0) is 0 Å². The van der Waals surface area contributed by atoms with Gasteiger partial charge in [0, 0.05) is 49.0 Å². The van der Waals surface area contributed by atoms with Gasteiger partial charge in [-0.2, -0.15) is 0 Å². The molecule has 5 nitrogen and oxygen atoms in total. The van der Waals surface area contributed by atoms with E-state index in [4.69, 9.17) is 23.8 Å². The zero-order valence-electron chi connectivity index (χ0n) is 29.9. The number of rotatable bonds is 4. The van der Waals surface area contributed by atoms with Crippen LogP contribution in [0, 0.1) is 0 Å². The van der Waals surface area contributed by atoms with Crippen LogP contribution in [0.25, 0.3) is 121 Å². The largest absolute Gasteiger partial charge is 0.455 e. The summed E-state index contributed by atoms with van der Waals surface area (Å²) in [5.74, 6) is 1.72. The van der Waals surface area contributed by atoms with E-state index in [0.717, 1.165) is 104 Å². The SMILES string of the molecule is c1ccc(-c2ccc(-c3nc(-c4cc5ccccc5c5oc6ccccc6c45)nc(-c4cc5ccccc5c5oc6ccccc6c45)n3)c3ccccc23)cc1. The molecule has 0 aliphatic heterocycles. The Balaban J connectivity index is 1.22. The molecular weight excluding hydrogens is 687 g/mol. The third-order valence-corrected chi connectivity index (χ3v) is 11.1. The van der Waals surface area contributed by atoms with E-state index in [-0.39, 0.29) is 0 Å². The standard InChI is InChI=1S/C51H29N3O2/c1-2-14-30(15-3-1)33-26-27-38(37-21-9-8-20-36(33)37)49-52-50(41-28-31-16-4-6-18-34(31)47-45(41)39-22-10-12-24-43(39)55-47)54-51(53-49)42-29-32-17-5-7-19-35(32)48-46(42)40-23-11-13-25-44(40)56-48/h1-29H. The quantitative estimate of drug-likeness (QED) is 0.181. The Bertz CT molecular complexity index is 3370. The molecule has 0 saturated carbocycles. The molecule has 0 amide bonds. The Labute approximate surface area is 320 Å². The van der Waals surface area contributed by atoms with Crippen LogP contribution in [0.3, 0.4) is 0 Å². The number of nitrogens with zero attached hydrogens (tertiary/aromatic N) is 3. The summed E-state index contributed by atoms with van der Waals surface area (Å²) in [6.45, 7) is 0. The summed E-state index contributed by atoms with van der Waals surface area (Å²) >= 11 is 0. The van der Waals surface area contributed by atoms with Crippen LogP contribution >= 0.6 is 0 Å². The second kappa shape index (κ2) is 11.9. The van der Waals surface area contributed by atoms with Gasteiger partial charge in [-0.25, -0.2) is 15.0 Å². The van der Waals surface area contributed by atoms with Crippen molar-refractivity contribution in [2.45, 2.75) is 0 Å². The molecule has 3 heterocycles. The van der Waals surface area contributed by atoms with Gasteiger partial charge in [0.1, 0.15) is 22.3 Å². The number of para-hydroxylation sites is 2. The zero-order chi connectivity index (χ0) is 36.7. The van der Waals surface area contributed by atoms with Crippen LogP contribution < -0.4 is 0 Å². The van der Waals surface area contributed by atoms with Crippen molar-refractivity contribution in [2.24, 2.45) is 0 Å². The lowest BCUT2D eigenvalue weighted by Gasteiger charge is -2.14. The first-order valence-electron chi connectivity index (χ1n) is 18.8. The predicted molar refractivity (Wildman–Crippen MR) is 229 cm³/mol. The fraction of sp³-hybridized carbons (Fsp3) is 0. The number of fused-ring (bicyclic) bond motifs is 11. The highest BCUT2D eigenvalue weighted by molar-refractivity contribution is 6.22. The highest BCUT2D eigenvalue weighted by Crippen LogP contribution is 2.44. The summed E-state index contributed by atoms with van der Waals surface area (Å²) in [5.41, 5.74) is 8.26. The Kier molecular flexibility index (Phi) is 6.56. The molecule has 5 heteroatoms. The van der Waals surface area contributed by atoms with Crippen molar-refractivity contribution in [1.82, 2.24) is 15.0 Å². The molecule has 0 N–H and O–H groups in total. The van der Waals surface area contributed by atoms with Crippen molar-refractivity contribution in [3.8, 4) is 45.3 Å². The lowest BCUT2D eigenvalue weighted by Crippen LogP contribution is -2.01. The highest BCUT2D eigenvalue weighted by Gasteiger charge is 2.24. The number of benzene rings is 9. The van der Waals surface area contributed by atoms with Gasteiger partial charge in [-0.05, 0) is 63.0 Å². The van der Waals surface area contributed by atoms with E-state index in [1.807, 2.05) is 30.3 Å². The minimum absolute atomic E-state index is 0.567. The Morgan fingerprint density at radius 3 is 1.23 bits per heavy atom. The Hall–Kier alpha value is -7.63. The third-order valence-electron chi connectivity index (χ3n) is 11.1. The molecule has 56 heavy (non-hydrogen) atoms. The van der Waals surface area contributed by atoms with Crippen LogP contribution in [0.5, 0.6) is 0 Å². The molecule has 0 aliphatic carbocycles. The van der Waals surface area contributed by atoms with Gasteiger partial charge >= 0.3 is 0 Å². The fourth-order valence-electron chi connectivity index (χ4n) is 8.57. The van der Waals surface area contributed by atoms with Crippen molar-refractivity contribution in [2.75, 3.05) is 0 Å². The fourth-order valence-corrected chi connectivity index (χ4v) is 8.57. The molecule has 0 radical (unpaired) electrons. The van der Waals surface area contributed by atoms with Crippen LogP contribution in [0.4, 0.5) is 0 Å². The van der Waals surface area contributed by atoms with E-state index in [0.29, 0.717) is 17.5 Å². The maximum atomic E-state index is 6.63. The number of furan rings is 2. The van der Waals surface area contributed by atoms with Crippen molar-refractivity contribution >= 4 is 76.2 Å². The third kappa shape index (κ3) is 4.58. The predicted octanol–water partition coefficient (Wildman–Crippen LogP) is 13.8. The van der Waals surface area contributed by atoms with Crippen molar-refractivity contribution in [3.63, 3.8) is 0 Å². The second-order valence-electron chi connectivity index (χ2n) is 14.3. The Morgan fingerprint density at radius 1 is 0.304 bits per heavy atom. The molecule has 260 valence electrons. The molecule has 9 aromatic carbocycles. The van der Waals surface area contributed by atoms with Gasteiger partial charge in [0.15, 0.2) is 17.5 Å². The first-order chi connectivity index (χ1) is 27.8. The van der Waals surface area contributed by atoms with Crippen LogP contribution in [-0.4, -0.2) is 15.0 Å². The average Bonchev–Trinajstić information content (AvgIpc) is 3.86. The van der Waals surface area contributed by atoms with Crippen molar-refractivity contribution in [3.05, 3.63) is 176 Å². The summed E-state index contributed by atoms with van der Waals surface area (Å²) in [5, 5.41) is 10.3. The van der Waals surface area contributed by atoms with Crippen LogP contribution in [0.2, 0.25) is 0 Å². The summed E-state index contributed by atoms with van der Waals surface area (Å²) < 4.78 is 13.3. The smallest absolute Gasteiger partial charge is 0.164 e. The number of hydrogen-bond donors (Lipinski definition) is 0. The van der Waals surface area contributed by atoms with Gasteiger partial charge in [0.25, 0.3) is 0 Å². The Morgan fingerprint density at radius 2 is 0.696 bits per heavy atom. The molecule has 12 aromatic rings. The van der Waals surface area contributed by atoms with E-state index in [9.17, 15) is 0 Å². The molecule has 0 aliphatic rings. The maximum Gasteiger partial charge on any atom is 0.164 e. The lowest BCUT2D eigenvalue weighted by molar-refractivity contribution is 0.672. The molecule has 0 unspecified atom stereocenters. The zero-order valence-corrected chi connectivity index (χ0v) is 29.9. The highest BCUT2D eigenvalue weighted by atomic mass is 16.3. The van der Waals surface area contributed by atoms with E-state index in [2.05, 4.69) is 146 Å². The molecule has 0 fully saturated rings. The maximum absolute atomic E-state index is 6.63. The van der Waals surface area contributed by atoms with E-state index < -0.39 is 0 Å². The van der Waals surface area contributed by atoms with Gasteiger partial charge in [0.2, 0.25) is 0 Å². The average molecular weight is 716 g/mol. The van der Waals surface area contributed by atoms with Crippen molar-refractivity contribution in [1.29, 1.82) is 0 Å². The van der Waals surface area contributed by atoms with Gasteiger partial charge in [-0.3, -0.25) is 0 Å². The van der Waals surface area contributed by atoms with Crippen molar-refractivity contribution < 1.29 is 8.83 Å². The first kappa shape index (κ1) is 30.8. The van der Waals surface area contributed by atoms with E-state index in [1.54, 1.807) is 0 Å². The first-order valence-corrected chi connectivity index (χ1v) is 18.8. The second-order valence-corrected chi connectivity index (χ2v) is 14.3. The lowest BCUT2D eigenvalue weighted by atomic mass is 9.94.